The van der Waals surface area contributed by atoms with Gasteiger partial charge in [0.1, 0.15) is 0 Å². The average Bonchev–Trinajstić information content (AvgIpc) is 3.13. The number of anilines is 3. The highest BCUT2D eigenvalue weighted by Crippen LogP contribution is 2.43. The first-order valence-corrected chi connectivity index (χ1v) is 15.4. The molecule has 0 saturated heterocycles. The molecule has 0 N–H and O–H groups in total. The van der Waals surface area contributed by atoms with E-state index in [0.717, 1.165) is 17.1 Å². The molecule has 0 amide bonds. The molecule has 8 aromatic carbocycles. The van der Waals surface area contributed by atoms with E-state index in [-0.39, 0.29) is 0 Å². The summed E-state index contributed by atoms with van der Waals surface area (Å²) in [6.07, 6.45) is 0. The lowest BCUT2D eigenvalue weighted by molar-refractivity contribution is 1.28. The fourth-order valence-corrected chi connectivity index (χ4v) is 6.48. The van der Waals surface area contributed by atoms with E-state index in [2.05, 4.69) is 193 Å². The van der Waals surface area contributed by atoms with Crippen LogP contribution in [0.1, 0.15) is 0 Å². The Labute approximate surface area is 264 Å². The molecule has 0 atom stereocenters. The molecular weight excluding hydrogens is 542 g/mol. The molecule has 0 fully saturated rings. The lowest BCUT2D eigenvalue weighted by Gasteiger charge is -2.28. The van der Waals surface area contributed by atoms with Crippen LogP contribution in [-0.4, -0.2) is 0 Å². The van der Waals surface area contributed by atoms with Crippen LogP contribution in [-0.2, 0) is 0 Å². The second kappa shape index (κ2) is 11.6. The first-order chi connectivity index (χ1) is 22.3. The molecule has 0 bridgehead atoms. The number of hydrogen-bond donors (Lipinski definition) is 0. The minimum absolute atomic E-state index is 1.11. The van der Waals surface area contributed by atoms with Gasteiger partial charge in [0, 0.05) is 16.9 Å². The molecule has 0 aliphatic rings. The summed E-state index contributed by atoms with van der Waals surface area (Å²) < 4.78 is 0. The fraction of sp³-hybridized carbons (Fsp3) is 0. The Bertz CT molecular complexity index is 2240. The van der Waals surface area contributed by atoms with Crippen molar-refractivity contribution < 1.29 is 0 Å². The normalized spacial score (nSPS) is 11.1. The second-order valence-corrected chi connectivity index (χ2v) is 11.4. The first kappa shape index (κ1) is 26.7. The molecule has 0 heterocycles. The number of para-hydroxylation sites is 1. The molecule has 45 heavy (non-hydrogen) atoms. The fourth-order valence-electron chi connectivity index (χ4n) is 6.48. The predicted octanol–water partition coefficient (Wildman–Crippen LogP) is 12.5. The van der Waals surface area contributed by atoms with Crippen molar-refractivity contribution in [1.82, 2.24) is 0 Å². The predicted molar refractivity (Wildman–Crippen MR) is 192 cm³/mol. The molecule has 212 valence electrons. The average molecular weight is 574 g/mol. The third-order valence-corrected chi connectivity index (χ3v) is 8.65. The van der Waals surface area contributed by atoms with Gasteiger partial charge in [-0.2, -0.15) is 0 Å². The van der Waals surface area contributed by atoms with Crippen molar-refractivity contribution in [2.75, 3.05) is 4.90 Å². The topological polar surface area (TPSA) is 3.24 Å². The Morgan fingerprint density at radius 1 is 0.289 bits per heavy atom. The van der Waals surface area contributed by atoms with Crippen molar-refractivity contribution in [3.05, 3.63) is 188 Å². The van der Waals surface area contributed by atoms with Gasteiger partial charge in [-0.05, 0) is 91.8 Å². The van der Waals surface area contributed by atoms with E-state index in [0.29, 0.717) is 0 Å². The van der Waals surface area contributed by atoms with E-state index in [4.69, 9.17) is 0 Å². The zero-order valence-corrected chi connectivity index (χ0v) is 24.8. The summed E-state index contributed by atoms with van der Waals surface area (Å²) in [6.45, 7) is 0. The largest absolute Gasteiger partial charge is 0.310 e. The van der Waals surface area contributed by atoms with Crippen molar-refractivity contribution in [3.8, 4) is 33.4 Å². The van der Waals surface area contributed by atoms with Crippen LogP contribution in [0.2, 0.25) is 0 Å². The Morgan fingerprint density at radius 2 is 0.800 bits per heavy atom. The molecule has 1 nitrogen and oxygen atoms in total. The zero-order chi connectivity index (χ0) is 30.0. The van der Waals surface area contributed by atoms with Gasteiger partial charge in [-0.25, -0.2) is 0 Å². The third-order valence-electron chi connectivity index (χ3n) is 8.65. The number of fused-ring (bicyclic) bond motifs is 3. The highest BCUT2D eigenvalue weighted by Gasteiger charge is 2.18. The molecule has 8 aromatic rings. The molecular formula is C44H31N. The van der Waals surface area contributed by atoms with Gasteiger partial charge in [0.2, 0.25) is 0 Å². The Hall–Kier alpha value is -5.92. The standard InChI is InChI=1S/C44H31N/c1-4-14-32(15-5-1)35-26-29-44(43(30-35)33-16-6-2-7-17-33)45(37-19-8-3-9-20-37)38-27-24-34(25-28-38)42-31-36-18-10-11-21-39(36)40-22-12-13-23-41(40)42/h1-31H. The zero-order valence-electron chi connectivity index (χ0n) is 24.8. The maximum atomic E-state index is 2.37. The van der Waals surface area contributed by atoms with Gasteiger partial charge in [-0.15, -0.1) is 0 Å². The van der Waals surface area contributed by atoms with E-state index in [1.54, 1.807) is 0 Å². The second-order valence-electron chi connectivity index (χ2n) is 11.4. The van der Waals surface area contributed by atoms with Gasteiger partial charge in [0.15, 0.2) is 0 Å². The molecule has 0 unspecified atom stereocenters. The molecule has 0 aromatic heterocycles. The SMILES string of the molecule is c1ccc(-c2ccc(N(c3ccccc3)c3ccc(-c4cc5ccccc5c5ccccc45)cc3)c(-c3ccccc3)c2)cc1. The summed E-state index contributed by atoms with van der Waals surface area (Å²) in [5.74, 6) is 0. The summed E-state index contributed by atoms with van der Waals surface area (Å²) in [5.41, 5.74) is 10.6. The van der Waals surface area contributed by atoms with Gasteiger partial charge >= 0.3 is 0 Å². The lowest BCUT2D eigenvalue weighted by Crippen LogP contribution is -2.11. The van der Waals surface area contributed by atoms with Gasteiger partial charge in [0.05, 0.1) is 5.69 Å². The highest BCUT2D eigenvalue weighted by atomic mass is 15.1. The van der Waals surface area contributed by atoms with Gasteiger partial charge < -0.3 is 4.90 Å². The van der Waals surface area contributed by atoms with E-state index in [1.165, 1.54) is 54.9 Å². The maximum Gasteiger partial charge on any atom is 0.0540 e. The molecule has 0 spiro atoms. The molecule has 0 aliphatic carbocycles. The van der Waals surface area contributed by atoms with E-state index < -0.39 is 0 Å². The Kier molecular flexibility index (Phi) is 6.90. The summed E-state index contributed by atoms with van der Waals surface area (Å²) in [6, 6.07) is 67.6. The van der Waals surface area contributed by atoms with Crippen LogP contribution in [0.4, 0.5) is 17.1 Å². The van der Waals surface area contributed by atoms with Gasteiger partial charge in [-0.3, -0.25) is 0 Å². The number of hydrogen-bond acceptors (Lipinski definition) is 1. The van der Waals surface area contributed by atoms with Crippen LogP contribution in [0.3, 0.4) is 0 Å². The van der Waals surface area contributed by atoms with Gasteiger partial charge in [-0.1, -0.05) is 146 Å². The van der Waals surface area contributed by atoms with Crippen molar-refractivity contribution >= 4 is 38.6 Å². The van der Waals surface area contributed by atoms with E-state index in [9.17, 15) is 0 Å². The van der Waals surface area contributed by atoms with Crippen molar-refractivity contribution in [2.45, 2.75) is 0 Å². The number of benzene rings is 8. The lowest BCUT2D eigenvalue weighted by atomic mass is 9.93. The van der Waals surface area contributed by atoms with Crippen LogP contribution >= 0.6 is 0 Å². The van der Waals surface area contributed by atoms with E-state index in [1.807, 2.05) is 0 Å². The van der Waals surface area contributed by atoms with Crippen molar-refractivity contribution in [1.29, 1.82) is 0 Å². The van der Waals surface area contributed by atoms with Crippen LogP contribution in [0.15, 0.2) is 188 Å². The molecule has 8 rings (SSSR count). The van der Waals surface area contributed by atoms with Crippen molar-refractivity contribution in [2.24, 2.45) is 0 Å². The van der Waals surface area contributed by atoms with Crippen LogP contribution in [0, 0.1) is 0 Å². The summed E-state index contributed by atoms with van der Waals surface area (Å²) in [7, 11) is 0. The minimum Gasteiger partial charge on any atom is -0.310 e. The molecule has 0 saturated carbocycles. The summed E-state index contributed by atoms with van der Waals surface area (Å²) in [4.78, 5) is 2.37. The monoisotopic (exact) mass is 573 g/mol. The molecule has 0 radical (unpaired) electrons. The van der Waals surface area contributed by atoms with Crippen LogP contribution in [0.5, 0.6) is 0 Å². The first-order valence-electron chi connectivity index (χ1n) is 15.4. The maximum absolute atomic E-state index is 2.37. The highest BCUT2D eigenvalue weighted by molar-refractivity contribution is 6.13. The van der Waals surface area contributed by atoms with Gasteiger partial charge in [0.25, 0.3) is 0 Å². The number of rotatable bonds is 6. The molecule has 0 aliphatic heterocycles. The smallest absolute Gasteiger partial charge is 0.0540 e. The molecule has 1 heteroatoms. The third kappa shape index (κ3) is 5.05. The van der Waals surface area contributed by atoms with E-state index >= 15 is 0 Å². The number of nitrogens with zero attached hydrogens (tertiary/aromatic N) is 1. The van der Waals surface area contributed by atoms with Crippen LogP contribution in [0.25, 0.3) is 54.9 Å². The Morgan fingerprint density at radius 3 is 1.51 bits per heavy atom. The summed E-state index contributed by atoms with van der Waals surface area (Å²) in [5, 5.41) is 5.10. The van der Waals surface area contributed by atoms with Crippen molar-refractivity contribution in [3.63, 3.8) is 0 Å². The minimum atomic E-state index is 1.11. The summed E-state index contributed by atoms with van der Waals surface area (Å²) >= 11 is 0. The quantitative estimate of drug-likeness (QED) is 0.179. The van der Waals surface area contributed by atoms with Crippen LogP contribution < -0.4 is 4.90 Å². The Balaban J connectivity index is 1.29.